The molecule has 1 aliphatic rings. The van der Waals surface area contributed by atoms with Crippen LogP contribution in [0.2, 0.25) is 0 Å². The highest BCUT2D eigenvalue weighted by atomic mass is 16.5. The molecule has 0 saturated heterocycles. The van der Waals surface area contributed by atoms with Gasteiger partial charge in [-0.3, -0.25) is 4.79 Å². The second-order valence-corrected chi connectivity index (χ2v) is 4.21. The number of benzene rings is 1. The summed E-state index contributed by atoms with van der Waals surface area (Å²) in [6.45, 7) is 1.19. The van der Waals surface area contributed by atoms with E-state index in [2.05, 4.69) is 5.32 Å². The highest BCUT2D eigenvalue weighted by molar-refractivity contribution is 5.97. The van der Waals surface area contributed by atoms with Crippen LogP contribution in [0.25, 0.3) is 0 Å². The van der Waals surface area contributed by atoms with Crippen molar-refractivity contribution in [3.05, 3.63) is 23.8 Å². The normalized spacial score (nSPS) is 14.3. The smallest absolute Gasteiger partial charge is 0.265 e. The standard InChI is InChI=1S/C13H18N2O3/c1-14-5-4-10-2-3-12-11(8-10)15(6-7-16)13(17)9-18-12/h2-3,8,14,16H,4-7,9H2,1H3. The molecule has 5 nitrogen and oxygen atoms in total. The summed E-state index contributed by atoms with van der Waals surface area (Å²) >= 11 is 0. The molecule has 0 bridgehead atoms. The molecule has 1 aromatic rings. The minimum Gasteiger partial charge on any atom is -0.482 e. The summed E-state index contributed by atoms with van der Waals surface area (Å²) in [5.74, 6) is 0.596. The number of rotatable bonds is 5. The lowest BCUT2D eigenvalue weighted by molar-refractivity contribution is -0.121. The number of fused-ring (bicyclic) bond motifs is 1. The Morgan fingerprint density at radius 3 is 3.06 bits per heavy atom. The second-order valence-electron chi connectivity index (χ2n) is 4.21. The van der Waals surface area contributed by atoms with Crippen LogP contribution in [-0.4, -0.2) is 44.4 Å². The van der Waals surface area contributed by atoms with Crippen LogP contribution in [0.1, 0.15) is 5.56 Å². The molecule has 0 atom stereocenters. The average molecular weight is 250 g/mol. The first-order chi connectivity index (χ1) is 8.76. The average Bonchev–Trinajstić information content (AvgIpc) is 2.39. The zero-order chi connectivity index (χ0) is 13.0. The number of aliphatic hydroxyl groups excluding tert-OH is 1. The lowest BCUT2D eigenvalue weighted by Crippen LogP contribution is -2.40. The maximum atomic E-state index is 11.7. The molecule has 0 spiro atoms. The third-order valence-corrected chi connectivity index (χ3v) is 2.95. The first-order valence-corrected chi connectivity index (χ1v) is 6.08. The van der Waals surface area contributed by atoms with Crippen molar-refractivity contribution >= 4 is 11.6 Å². The van der Waals surface area contributed by atoms with E-state index in [1.807, 2.05) is 25.2 Å². The molecule has 0 aliphatic carbocycles. The SMILES string of the molecule is CNCCc1ccc2c(c1)N(CCO)C(=O)CO2. The largest absolute Gasteiger partial charge is 0.482 e. The number of carbonyl (C=O) groups excluding carboxylic acids is 1. The van der Waals surface area contributed by atoms with Crippen molar-refractivity contribution in [2.75, 3.05) is 38.3 Å². The molecule has 1 aliphatic heterocycles. The van der Waals surface area contributed by atoms with Crippen LogP contribution < -0.4 is 15.0 Å². The van der Waals surface area contributed by atoms with E-state index in [9.17, 15) is 4.79 Å². The summed E-state index contributed by atoms with van der Waals surface area (Å²) in [5.41, 5.74) is 1.90. The van der Waals surface area contributed by atoms with Gasteiger partial charge in [-0.1, -0.05) is 6.07 Å². The van der Waals surface area contributed by atoms with Crippen molar-refractivity contribution in [3.8, 4) is 5.75 Å². The molecule has 0 radical (unpaired) electrons. The maximum absolute atomic E-state index is 11.7. The van der Waals surface area contributed by atoms with Crippen LogP contribution in [0.5, 0.6) is 5.75 Å². The predicted octanol–water partition coefficient (Wildman–Crippen LogP) is 0.166. The number of ether oxygens (including phenoxy) is 1. The molecule has 2 N–H and O–H groups in total. The maximum Gasteiger partial charge on any atom is 0.265 e. The van der Waals surface area contributed by atoms with Gasteiger partial charge in [0.25, 0.3) is 5.91 Å². The number of amides is 1. The Morgan fingerprint density at radius 2 is 2.33 bits per heavy atom. The second kappa shape index (κ2) is 5.84. The summed E-state index contributed by atoms with van der Waals surface area (Å²) < 4.78 is 5.38. The van der Waals surface area contributed by atoms with Crippen LogP contribution in [0.4, 0.5) is 5.69 Å². The topological polar surface area (TPSA) is 61.8 Å². The predicted molar refractivity (Wildman–Crippen MR) is 69.0 cm³/mol. The molecule has 18 heavy (non-hydrogen) atoms. The molecule has 2 rings (SSSR count). The molecule has 1 aromatic carbocycles. The number of likely N-dealkylation sites (N-methyl/N-ethyl adjacent to an activating group) is 1. The number of carbonyl (C=O) groups is 1. The van der Waals surface area contributed by atoms with Gasteiger partial charge in [-0.2, -0.15) is 0 Å². The molecule has 0 fully saturated rings. The molecule has 0 aromatic heterocycles. The Balaban J connectivity index is 2.26. The highest BCUT2D eigenvalue weighted by Gasteiger charge is 2.25. The molecular weight excluding hydrogens is 232 g/mol. The number of hydrogen-bond acceptors (Lipinski definition) is 4. The van der Waals surface area contributed by atoms with Crippen molar-refractivity contribution in [3.63, 3.8) is 0 Å². The minimum atomic E-state index is -0.109. The van der Waals surface area contributed by atoms with Crippen molar-refractivity contribution in [1.82, 2.24) is 5.32 Å². The Kier molecular flexibility index (Phi) is 4.17. The van der Waals surface area contributed by atoms with Gasteiger partial charge in [0.15, 0.2) is 6.61 Å². The van der Waals surface area contributed by atoms with Gasteiger partial charge in [-0.15, -0.1) is 0 Å². The van der Waals surface area contributed by atoms with Crippen molar-refractivity contribution < 1.29 is 14.6 Å². The fourth-order valence-corrected chi connectivity index (χ4v) is 2.02. The van der Waals surface area contributed by atoms with Crippen LogP contribution >= 0.6 is 0 Å². The number of β-amino-alcohol motifs (C(OH)–C–C–N with tert-alkyl or cyclic N) is 1. The fourth-order valence-electron chi connectivity index (χ4n) is 2.02. The van der Waals surface area contributed by atoms with Crippen LogP contribution in [-0.2, 0) is 11.2 Å². The number of aliphatic hydroxyl groups is 1. The van der Waals surface area contributed by atoms with E-state index in [0.29, 0.717) is 12.3 Å². The first-order valence-electron chi connectivity index (χ1n) is 6.08. The number of nitrogens with zero attached hydrogens (tertiary/aromatic N) is 1. The Morgan fingerprint density at radius 1 is 1.50 bits per heavy atom. The quantitative estimate of drug-likeness (QED) is 0.782. The molecule has 98 valence electrons. The van der Waals surface area contributed by atoms with Crippen LogP contribution in [0.15, 0.2) is 18.2 Å². The van der Waals surface area contributed by atoms with E-state index >= 15 is 0 Å². The van der Waals surface area contributed by atoms with Gasteiger partial charge in [-0.25, -0.2) is 0 Å². The molecule has 0 unspecified atom stereocenters. The fraction of sp³-hybridized carbons (Fsp3) is 0.462. The van der Waals surface area contributed by atoms with Gasteiger partial charge in [0.1, 0.15) is 5.75 Å². The summed E-state index contributed by atoms with van der Waals surface area (Å²) in [5, 5.41) is 12.1. The van der Waals surface area contributed by atoms with Crippen molar-refractivity contribution in [2.24, 2.45) is 0 Å². The number of nitrogens with one attached hydrogen (secondary N) is 1. The molecule has 1 amide bonds. The monoisotopic (exact) mass is 250 g/mol. The van der Waals surface area contributed by atoms with Gasteiger partial charge in [0.2, 0.25) is 0 Å². The van der Waals surface area contributed by atoms with E-state index in [4.69, 9.17) is 9.84 Å². The zero-order valence-corrected chi connectivity index (χ0v) is 10.5. The highest BCUT2D eigenvalue weighted by Crippen LogP contribution is 2.32. The van der Waals surface area contributed by atoms with Gasteiger partial charge < -0.3 is 20.1 Å². The van der Waals surface area contributed by atoms with E-state index in [-0.39, 0.29) is 19.1 Å². The van der Waals surface area contributed by atoms with Gasteiger partial charge in [0, 0.05) is 6.54 Å². The molecule has 1 heterocycles. The summed E-state index contributed by atoms with van der Waals surface area (Å²) in [4.78, 5) is 13.3. The Hall–Kier alpha value is -1.59. The van der Waals surface area contributed by atoms with Crippen LogP contribution in [0, 0.1) is 0 Å². The lowest BCUT2D eigenvalue weighted by Gasteiger charge is -2.29. The van der Waals surface area contributed by atoms with E-state index < -0.39 is 0 Å². The molecular formula is C13H18N2O3. The Labute approximate surface area is 106 Å². The van der Waals surface area contributed by atoms with E-state index in [0.717, 1.165) is 24.2 Å². The van der Waals surface area contributed by atoms with Gasteiger partial charge in [-0.05, 0) is 37.7 Å². The van der Waals surface area contributed by atoms with Crippen molar-refractivity contribution in [1.29, 1.82) is 0 Å². The molecule has 5 heteroatoms. The lowest BCUT2D eigenvalue weighted by atomic mass is 10.1. The summed E-state index contributed by atoms with van der Waals surface area (Å²) in [6, 6.07) is 5.85. The minimum absolute atomic E-state index is 0.0445. The number of hydrogen-bond donors (Lipinski definition) is 2. The van der Waals surface area contributed by atoms with Gasteiger partial charge in [0.05, 0.1) is 12.3 Å². The van der Waals surface area contributed by atoms with Crippen LogP contribution in [0.3, 0.4) is 0 Å². The molecule has 0 saturated carbocycles. The summed E-state index contributed by atoms with van der Waals surface area (Å²) in [7, 11) is 1.91. The summed E-state index contributed by atoms with van der Waals surface area (Å²) in [6.07, 6.45) is 0.894. The zero-order valence-electron chi connectivity index (χ0n) is 10.5. The number of anilines is 1. The third-order valence-electron chi connectivity index (χ3n) is 2.95. The third kappa shape index (κ3) is 2.63. The first kappa shape index (κ1) is 12.9. The van der Waals surface area contributed by atoms with E-state index in [1.54, 1.807) is 4.90 Å². The van der Waals surface area contributed by atoms with E-state index in [1.165, 1.54) is 0 Å². The Bertz CT molecular complexity index is 434. The van der Waals surface area contributed by atoms with Gasteiger partial charge >= 0.3 is 0 Å². The van der Waals surface area contributed by atoms with Crippen molar-refractivity contribution in [2.45, 2.75) is 6.42 Å².